The summed E-state index contributed by atoms with van der Waals surface area (Å²) in [6.07, 6.45) is -0.287. The molecule has 3 aromatic heterocycles. The molecule has 10 rings (SSSR count). The first-order valence-electron chi connectivity index (χ1n) is 13.3. The molecule has 7 aromatic rings. The Morgan fingerprint density at radius 3 is 1.88 bits per heavy atom. The molecule has 3 aliphatic heterocycles. The average Bonchev–Trinajstić information content (AvgIpc) is 3.72. The van der Waals surface area contributed by atoms with Crippen LogP contribution in [0.2, 0.25) is 0 Å². The maximum absolute atomic E-state index is 5.36. The van der Waals surface area contributed by atoms with E-state index in [1.807, 2.05) is 42.5 Å². The van der Waals surface area contributed by atoms with E-state index in [1.54, 1.807) is 0 Å². The predicted molar refractivity (Wildman–Crippen MR) is 154 cm³/mol. The summed E-state index contributed by atoms with van der Waals surface area (Å²) in [5.74, 6) is 2.85. The number of hydrogen-bond acceptors (Lipinski definition) is 6. The van der Waals surface area contributed by atoms with Gasteiger partial charge in [-0.1, -0.05) is 97.1 Å². The zero-order valence-electron chi connectivity index (χ0n) is 20.9. The third-order valence-corrected chi connectivity index (χ3v) is 8.12. The Kier molecular flexibility index (Phi) is 3.59. The molecule has 4 aromatic carbocycles. The number of benzene rings is 4. The first-order chi connectivity index (χ1) is 19.8. The number of fused-ring (bicyclic) bond motifs is 16. The quantitative estimate of drug-likeness (QED) is 0.290. The molecule has 0 fully saturated rings. The average molecular weight is 515 g/mol. The Hall–Kier alpha value is -5.63. The van der Waals surface area contributed by atoms with Gasteiger partial charge in [0.15, 0.2) is 34.2 Å². The van der Waals surface area contributed by atoms with Crippen molar-refractivity contribution in [2.75, 3.05) is 0 Å². The van der Waals surface area contributed by atoms with E-state index in [9.17, 15) is 0 Å². The molecular formula is C32H18N8. The lowest BCUT2D eigenvalue weighted by Gasteiger charge is -2.06. The maximum atomic E-state index is 5.36. The maximum Gasteiger partial charge on any atom is 0.164 e. The van der Waals surface area contributed by atoms with Crippen LogP contribution >= 0.6 is 0 Å². The van der Waals surface area contributed by atoms with Crippen LogP contribution in [-0.4, -0.2) is 29.8 Å². The predicted octanol–water partition coefficient (Wildman–Crippen LogP) is 5.49. The summed E-state index contributed by atoms with van der Waals surface area (Å²) in [5, 5.41) is 7.57. The smallest absolute Gasteiger partial charge is 0.164 e. The van der Waals surface area contributed by atoms with E-state index in [2.05, 4.69) is 68.9 Å². The van der Waals surface area contributed by atoms with Crippen molar-refractivity contribution >= 4 is 44.5 Å². The number of nitrogens with one attached hydrogen (secondary N) is 1. The van der Waals surface area contributed by atoms with Gasteiger partial charge in [-0.05, 0) is 0 Å². The van der Waals surface area contributed by atoms with Crippen LogP contribution in [-0.2, 0) is 0 Å². The van der Waals surface area contributed by atoms with Crippen LogP contribution in [0.1, 0.15) is 17.3 Å². The fourth-order valence-electron chi connectivity index (χ4n) is 6.35. The summed E-state index contributed by atoms with van der Waals surface area (Å²) in [6, 6.07) is 33.1. The molecule has 8 nitrogen and oxygen atoms in total. The third kappa shape index (κ3) is 2.44. The van der Waals surface area contributed by atoms with E-state index in [0.717, 1.165) is 72.2 Å². The SMILES string of the molecule is c1ccc2c(c1)/C1=N/c3c4ccccc4c4nc5nc(nc6c7ccccc7/c(n6n34)=N/C2N1)-c1ccccc1-5. The minimum absolute atomic E-state index is 0.287. The molecule has 186 valence electrons. The van der Waals surface area contributed by atoms with Gasteiger partial charge in [0.25, 0.3) is 0 Å². The molecule has 1 atom stereocenters. The number of hydrogen-bond donors (Lipinski definition) is 1. The van der Waals surface area contributed by atoms with Crippen molar-refractivity contribution in [1.29, 1.82) is 0 Å². The van der Waals surface area contributed by atoms with Gasteiger partial charge in [0.05, 0.1) is 0 Å². The molecule has 1 N–H and O–H groups in total. The van der Waals surface area contributed by atoms with E-state index in [1.165, 1.54) is 0 Å². The molecule has 0 radical (unpaired) electrons. The zero-order valence-corrected chi connectivity index (χ0v) is 20.9. The highest BCUT2D eigenvalue weighted by atomic mass is 15.4. The van der Waals surface area contributed by atoms with E-state index < -0.39 is 0 Å². The summed E-state index contributed by atoms with van der Waals surface area (Å²) in [6.45, 7) is 0. The van der Waals surface area contributed by atoms with Crippen molar-refractivity contribution in [2.24, 2.45) is 9.98 Å². The number of amidine groups is 1. The molecule has 0 saturated carbocycles. The molecule has 0 spiro atoms. The lowest BCUT2D eigenvalue weighted by atomic mass is 10.1. The summed E-state index contributed by atoms with van der Waals surface area (Å²) < 4.78 is 4.16. The Morgan fingerprint density at radius 1 is 0.550 bits per heavy atom. The van der Waals surface area contributed by atoms with Gasteiger partial charge >= 0.3 is 0 Å². The first-order valence-corrected chi connectivity index (χ1v) is 13.3. The van der Waals surface area contributed by atoms with Gasteiger partial charge in [0.2, 0.25) is 0 Å². The van der Waals surface area contributed by atoms with E-state index in [-0.39, 0.29) is 6.17 Å². The van der Waals surface area contributed by atoms with Gasteiger partial charge in [-0.2, -0.15) is 0 Å². The van der Waals surface area contributed by atoms with E-state index in [0.29, 0.717) is 11.6 Å². The fourth-order valence-corrected chi connectivity index (χ4v) is 6.35. The molecule has 0 saturated heterocycles. The second-order valence-electron chi connectivity index (χ2n) is 10.3. The van der Waals surface area contributed by atoms with Gasteiger partial charge in [0.1, 0.15) is 12.0 Å². The summed E-state index contributed by atoms with van der Waals surface area (Å²) >= 11 is 0. The highest BCUT2D eigenvalue weighted by Gasteiger charge is 2.30. The zero-order chi connectivity index (χ0) is 25.9. The fraction of sp³-hybridized carbons (Fsp3) is 0.0312. The molecular weight excluding hydrogens is 496 g/mol. The van der Waals surface area contributed by atoms with Crippen molar-refractivity contribution in [2.45, 2.75) is 6.17 Å². The minimum Gasteiger partial charge on any atom is -0.344 e. The summed E-state index contributed by atoms with van der Waals surface area (Å²) in [7, 11) is 0. The van der Waals surface area contributed by atoms with Gasteiger partial charge in [0, 0.05) is 43.8 Å². The highest BCUT2D eigenvalue weighted by Crippen LogP contribution is 2.38. The van der Waals surface area contributed by atoms with Crippen LogP contribution in [0, 0.1) is 0 Å². The standard InChI is InChI=1S/C32H18N8/c1-2-10-18-17(9-1)25-33-26(18)36-30-23-15-7-8-16-24(23)32-38-28-20-12-4-3-11-19(20)27(34-28)37-31-22-14-6-5-13-21(22)29(35-25)39(31)40(30)32/h1-16,25H,(H,33,36)/b35-29-,37-31?,38-28?. The molecule has 0 amide bonds. The number of aliphatic imine (C=N–C) groups is 1. The Bertz CT molecular complexity index is 2430. The first kappa shape index (κ1) is 20.3. The molecule has 40 heavy (non-hydrogen) atoms. The Labute approximate surface area is 226 Å². The molecule has 8 heteroatoms. The summed E-state index contributed by atoms with van der Waals surface area (Å²) in [4.78, 5) is 26.1. The molecule has 3 aliphatic rings. The second kappa shape index (κ2) is 7.06. The molecule has 4 bridgehead atoms. The monoisotopic (exact) mass is 514 g/mol. The van der Waals surface area contributed by atoms with Crippen LogP contribution < -0.4 is 10.8 Å². The van der Waals surface area contributed by atoms with Crippen molar-refractivity contribution in [3.05, 3.63) is 114 Å². The highest BCUT2D eigenvalue weighted by molar-refractivity contribution is 6.09. The Morgan fingerprint density at radius 2 is 1.12 bits per heavy atom. The van der Waals surface area contributed by atoms with Gasteiger partial charge < -0.3 is 5.32 Å². The van der Waals surface area contributed by atoms with E-state index in [4.69, 9.17) is 24.9 Å². The Balaban J connectivity index is 1.57. The topological polar surface area (TPSA) is 84.2 Å². The van der Waals surface area contributed by atoms with Gasteiger partial charge in [-0.25, -0.2) is 34.0 Å². The molecule has 0 aliphatic carbocycles. The van der Waals surface area contributed by atoms with Crippen molar-refractivity contribution < 1.29 is 0 Å². The lowest BCUT2D eigenvalue weighted by Crippen LogP contribution is -2.22. The van der Waals surface area contributed by atoms with Gasteiger partial charge in [-0.3, -0.25) is 0 Å². The van der Waals surface area contributed by atoms with Crippen molar-refractivity contribution in [1.82, 2.24) is 29.3 Å². The summed E-state index contributed by atoms with van der Waals surface area (Å²) in [5.41, 5.74) is 6.37. The van der Waals surface area contributed by atoms with Crippen molar-refractivity contribution in [3.8, 4) is 22.8 Å². The van der Waals surface area contributed by atoms with Crippen LogP contribution in [0.5, 0.6) is 0 Å². The van der Waals surface area contributed by atoms with Crippen LogP contribution in [0.3, 0.4) is 0 Å². The number of aromatic nitrogens is 5. The van der Waals surface area contributed by atoms with Crippen molar-refractivity contribution in [3.63, 3.8) is 0 Å². The molecule has 1 unspecified atom stereocenters. The lowest BCUT2D eigenvalue weighted by molar-refractivity contribution is 0.672. The normalized spacial score (nSPS) is 17.9. The van der Waals surface area contributed by atoms with Crippen LogP contribution in [0.4, 0.5) is 5.82 Å². The molecule has 6 heterocycles. The number of rotatable bonds is 0. The van der Waals surface area contributed by atoms with Gasteiger partial charge in [-0.15, -0.1) is 0 Å². The minimum atomic E-state index is -0.287. The second-order valence-corrected chi connectivity index (χ2v) is 10.3. The number of nitrogens with zero attached hydrogens (tertiary/aromatic N) is 7. The van der Waals surface area contributed by atoms with Crippen LogP contribution in [0.15, 0.2) is 107 Å². The van der Waals surface area contributed by atoms with E-state index >= 15 is 0 Å². The largest absolute Gasteiger partial charge is 0.344 e. The third-order valence-electron chi connectivity index (χ3n) is 8.12. The van der Waals surface area contributed by atoms with Crippen LogP contribution in [0.25, 0.3) is 55.6 Å².